The van der Waals surface area contributed by atoms with Gasteiger partial charge in [0.1, 0.15) is 5.54 Å². The van der Waals surface area contributed by atoms with Gasteiger partial charge in [0.15, 0.2) is 5.84 Å². The Morgan fingerprint density at radius 1 is 1.45 bits per heavy atom. The number of oxime groups is 1. The molecule has 0 unspecified atom stereocenters. The fraction of sp³-hybridized carbons (Fsp3) is 0.833. The van der Waals surface area contributed by atoms with Gasteiger partial charge in [-0.25, -0.2) is 0 Å². The molecule has 0 spiro atoms. The van der Waals surface area contributed by atoms with E-state index in [-0.39, 0.29) is 5.84 Å². The number of nitrogens with one attached hydrogen (secondary N) is 1. The minimum Gasteiger partial charge on any atom is -0.409 e. The molecule has 1 aliphatic rings. The summed E-state index contributed by atoms with van der Waals surface area (Å²) >= 11 is 0. The van der Waals surface area contributed by atoms with Crippen molar-refractivity contribution in [3.05, 3.63) is 0 Å². The lowest BCUT2D eigenvalue weighted by atomic mass is 9.76. The van der Waals surface area contributed by atoms with Crippen molar-refractivity contribution < 1.29 is 23.2 Å². The van der Waals surface area contributed by atoms with Gasteiger partial charge in [0.05, 0.1) is 6.42 Å². The largest absolute Gasteiger partial charge is 0.409 e. The Kier molecular flexibility index (Phi) is 5.24. The average Bonchev–Trinajstić information content (AvgIpc) is 2.37. The predicted molar refractivity (Wildman–Crippen MR) is 67.2 cm³/mol. The molecule has 0 radical (unpaired) electrons. The predicted octanol–water partition coefficient (Wildman–Crippen LogP) is 2.14. The van der Waals surface area contributed by atoms with E-state index in [0.29, 0.717) is 18.8 Å². The lowest BCUT2D eigenvalue weighted by Crippen LogP contribution is -2.59. The number of alkyl halides is 3. The van der Waals surface area contributed by atoms with Crippen molar-refractivity contribution in [3.63, 3.8) is 0 Å². The first-order chi connectivity index (χ1) is 9.18. The van der Waals surface area contributed by atoms with Crippen molar-refractivity contribution in [3.8, 4) is 0 Å². The Balaban J connectivity index is 2.69. The number of amides is 1. The van der Waals surface area contributed by atoms with Crippen LogP contribution >= 0.6 is 0 Å². The summed E-state index contributed by atoms with van der Waals surface area (Å²) < 4.78 is 36.3. The smallest absolute Gasteiger partial charge is 0.389 e. The lowest BCUT2D eigenvalue weighted by molar-refractivity contribution is -0.144. The molecule has 0 aliphatic heterocycles. The molecule has 1 rings (SSSR count). The van der Waals surface area contributed by atoms with Crippen LogP contribution in [0.2, 0.25) is 0 Å². The van der Waals surface area contributed by atoms with E-state index in [2.05, 4.69) is 10.5 Å². The van der Waals surface area contributed by atoms with Crippen LogP contribution in [-0.4, -0.2) is 28.7 Å². The monoisotopic (exact) mass is 295 g/mol. The van der Waals surface area contributed by atoms with Gasteiger partial charge in [-0.15, -0.1) is 0 Å². The first-order valence-electron chi connectivity index (χ1n) is 6.54. The number of hydrogen-bond donors (Lipinski definition) is 3. The van der Waals surface area contributed by atoms with E-state index in [0.717, 1.165) is 12.8 Å². The van der Waals surface area contributed by atoms with Gasteiger partial charge in [-0.3, -0.25) is 4.79 Å². The van der Waals surface area contributed by atoms with Crippen molar-refractivity contribution in [2.75, 3.05) is 0 Å². The normalized spacial score (nSPS) is 28.2. The molecule has 5 nitrogen and oxygen atoms in total. The zero-order chi connectivity index (χ0) is 15.4. The molecule has 0 bridgehead atoms. The van der Waals surface area contributed by atoms with Crippen molar-refractivity contribution in [2.45, 2.75) is 57.2 Å². The minimum absolute atomic E-state index is 0.148. The van der Waals surface area contributed by atoms with Gasteiger partial charge in [0.25, 0.3) is 0 Å². The highest BCUT2D eigenvalue weighted by atomic mass is 19.4. The van der Waals surface area contributed by atoms with Crippen LogP contribution in [0.1, 0.15) is 45.4 Å². The summed E-state index contributed by atoms with van der Waals surface area (Å²) in [7, 11) is 0. The van der Waals surface area contributed by atoms with Gasteiger partial charge in [-0.2, -0.15) is 13.2 Å². The van der Waals surface area contributed by atoms with Gasteiger partial charge in [0.2, 0.25) is 5.91 Å². The molecule has 0 heterocycles. The first kappa shape index (κ1) is 16.6. The number of amidine groups is 1. The third-order valence-electron chi connectivity index (χ3n) is 3.74. The maximum Gasteiger partial charge on any atom is 0.389 e. The highest BCUT2D eigenvalue weighted by Gasteiger charge is 2.40. The van der Waals surface area contributed by atoms with Gasteiger partial charge in [0, 0.05) is 6.42 Å². The topological polar surface area (TPSA) is 87.7 Å². The number of carbonyl (C=O) groups is 1. The van der Waals surface area contributed by atoms with Gasteiger partial charge in [-0.05, 0) is 31.6 Å². The molecule has 1 saturated carbocycles. The average molecular weight is 295 g/mol. The third-order valence-corrected chi connectivity index (χ3v) is 3.74. The van der Waals surface area contributed by atoms with E-state index in [1.807, 2.05) is 6.92 Å². The standard InChI is InChI=1S/C12H20F3N3O2/c1-8-2-5-11(6-3-8,10(16)18-20)17-9(19)4-7-12(13,14)15/h8,20H,2-7H2,1H3,(H2,16,18)(H,17,19). The molecule has 1 aliphatic carbocycles. The number of nitrogens with zero attached hydrogens (tertiary/aromatic N) is 1. The molecule has 0 aromatic carbocycles. The SMILES string of the molecule is CC1CCC(NC(=O)CCC(F)(F)F)(C(N)=NO)CC1. The molecule has 0 atom stereocenters. The van der Waals surface area contributed by atoms with Gasteiger partial charge >= 0.3 is 6.18 Å². The molecule has 4 N–H and O–H groups in total. The molecule has 1 amide bonds. The Hall–Kier alpha value is -1.47. The van der Waals surface area contributed by atoms with E-state index in [9.17, 15) is 18.0 Å². The van der Waals surface area contributed by atoms with E-state index in [4.69, 9.17) is 10.9 Å². The highest BCUT2D eigenvalue weighted by Crippen LogP contribution is 2.32. The second-order valence-corrected chi connectivity index (χ2v) is 5.41. The van der Waals surface area contributed by atoms with Crippen LogP contribution in [0.3, 0.4) is 0 Å². The number of rotatable bonds is 4. The minimum atomic E-state index is -4.37. The summed E-state index contributed by atoms with van der Waals surface area (Å²) in [6, 6.07) is 0. The summed E-state index contributed by atoms with van der Waals surface area (Å²) in [5.74, 6) is -0.435. The first-order valence-corrected chi connectivity index (χ1v) is 6.54. The van der Waals surface area contributed by atoms with E-state index in [1.54, 1.807) is 0 Å². The second-order valence-electron chi connectivity index (χ2n) is 5.41. The van der Waals surface area contributed by atoms with E-state index >= 15 is 0 Å². The third kappa shape index (κ3) is 4.57. The van der Waals surface area contributed by atoms with Gasteiger partial charge in [-0.1, -0.05) is 12.1 Å². The van der Waals surface area contributed by atoms with Crippen LogP contribution in [0.4, 0.5) is 13.2 Å². The molecular weight excluding hydrogens is 275 g/mol. The summed E-state index contributed by atoms with van der Waals surface area (Å²) in [6.45, 7) is 2.04. The van der Waals surface area contributed by atoms with Crippen LogP contribution in [0.15, 0.2) is 5.16 Å². The number of hydrogen-bond acceptors (Lipinski definition) is 3. The zero-order valence-corrected chi connectivity index (χ0v) is 11.3. The molecule has 1 fully saturated rings. The molecule has 20 heavy (non-hydrogen) atoms. The molecule has 0 aromatic heterocycles. The van der Waals surface area contributed by atoms with Crippen molar-refractivity contribution in [2.24, 2.45) is 16.8 Å². The quantitative estimate of drug-likeness (QED) is 0.321. The summed E-state index contributed by atoms with van der Waals surface area (Å²) in [6.07, 6.45) is -3.77. The Morgan fingerprint density at radius 3 is 2.45 bits per heavy atom. The van der Waals surface area contributed by atoms with E-state index in [1.165, 1.54) is 0 Å². The van der Waals surface area contributed by atoms with Crippen LogP contribution in [0.5, 0.6) is 0 Å². The van der Waals surface area contributed by atoms with Crippen LogP contribution in [-0.2, 0) is 4.79 Å². The van der Waals surface area contributed by atoms with Crippen molar-refractivity contribution >= 4 is 11.7 Å². The molecule has 0 saturated heterocycles. The lowest BCUT2D eigenvalue weighted by Gasteiger charge is -2.39. The number of nitrogens with two attached hydrogens (primary N) is 1. The Bertz CT molecular complexity index is 375. The van der Waals surface area contributed by atoms with E-state index < -0.39 is 30.5 Å². The molecular formula is C12H20F3N3O2. The van der Waals surface area contributed by atoms with Crippen LogP contribution in [0.25, 0.3) is 0 Å². The van der Waals surface area contributed by atoms with Crippen molar-refractivity contribution in [1.82, 2.24) is 5.32 Å². The summed E-state index contributed by atoms with van der Waals surface area (Å²) in [4.78, 5) is 11.7. The van der Waals surface area contributed by atoms with Gasteiger partial charge < -0.3 is 16.3 Å². The number of halogens is 3. The number of carbonyl (C=O) groups excluding carboxylic acids is 1. The molecule has 8 heteroatoms. The maximum atomic E-state index is 12.1. The second kappa shape index (κ2) is 6.32. The fourth-order valence-electron chi connectivity index (χ4n) is 2.38. The summed E-state index contributed by atoms with van der Waals surface area (Å²) in [5, 5.41) is 14.3. The zero-order valence-electron chi connectivity index (χ0n) is 11.3. The molecule has 0 aromatic rings. The maximum absolute atomic E-state index is 12.1. The Labute approximate surface area is 115 Å². The Morgan fingerprint density at radius 2 is 2.00 bits per heavy atom. The van der Waals surface area contributed by atoms with Crippen LogP contribution in [0, 0.1) is 5.92 Å². The van der Waals surface area contributed by atoms with Crippen molar-refractivity contribution in [1.29, 1.82) is 0 Å². The van der Waals surface area contributed by atoms with Crippen LogP contribution < -0.4 is 11.1 Å². The highest BCUT2D eigenvalue weighted by molar-refractivity contribution is 5.94. The fourth-order valence-corrected chi connectivity index (χ4v) is 2.38. The molecule has 116 valence electrons. The summed E-state index contributed by atoms with van der Waals surface area (Å²) in [5.41, 5.74) is 4.60.